The van der Waals surface area contributed by atoms with Crippen molar-refractivity contribution in [1.82, 2.24) is 0 Å². The molecule has 0 unspecified atom stereocenters. The SMILES string of the molecule is Cc1ccc(C(N)=NC(=S)Cc2cc(C)c([N+](=O)[O-])cc2C)cc1. The summed E-state index contributed by atoms with van der Waals surface area (Å²) >= 11 is 5.32. The highest BCUT2D eigenvalue weighted by atomic mass is 32.1. The molecule has 0 saturated carbocycles. The molecule has 24 heavy (non-hydrogen) atoms. The first-order chi connectivity index (χ1) is 11.3. The summed E-state index contributed by atoms with van der Waals surface area (Å²) < 4.78 is 0. The predicted octanol–water partition coefficient (Wildman–Crippen LogP) is 3.80. The topological polar surface area (TPSA) is 81.5 Å². The number of rotatable bonds is 4. The van der Waals surface area contributed by atoms with Crippen molar-refractivity contribution < 1.29 is 4.92 Å². The average Bonchev–Trinajstić information content (AvgIpc) is 2.50. The van der Waals surface area contributed by atoms with E-state index in [1.807, 2.05) is 38.1 Å². The van der Waals surface area contributed by atoms with Gasteiger partial charge < -0.3 is 5.73 Å². The van der Waals surface area contributed by atoms with E-state index in [2.05, 4.69) is 4.99 Å². The molecule has 5 nitrogen and oxygen atoms in total. The second-order valence-electron chi connectivity index (χ2n) is 5.76. The Kier molecular flexibility index (Phi) is 5.41. The van der Waals surface area contributed by atoms with Crippen molar-refractivity contribution in [3.63, 3.8) is 0 Å². The molecule has 0 aliphatic carbocycles. The third kappa shape index (κ3) is 4.23. The summed E-state index contributed by atoms with van der Waals surface area (Å²) in [5, 5.41) is 11.0. The van der Waals surface area contributed by atoms with E-state index in [1.165, 1.54) is 0 Å². The molecular weight excluding hydrogens is 322 g/mol. The van der Waals surface area contributed by atoms with Crippen LogP contribution < -0.4 is 5.73 Å². The Bertz CT molecular complexity index is 827. The van der Waals surface area contributed by atoms with Crippen LogP contribution in [-0.4, -0.2) is 15.7 Å². The van der Waals surface area contributed by atoms with Gasteiger partial charge in [-0.15, -0.1) is 0 Å². The first kappa shape index (κ1) is 17.7. The molecule has 0 aromatic heterocycles. The highest BCUT2D eigenvalue weighted by Crippen LogP contribution is 2.23. The van der Waals surface area contributed by atoms with Crippen LogP contribution in [-0.2, 0) is 6.42 Å². The van der Waals surface area contributed by atoms with Crippen LogP contribution in [0.3, 0.4) is 0 Å². The molecule has 0 saturated heterocycles. The smallest absolute Gasteiger partial charge is 0.272 e. The number of nitro groups is 1. The third-order valence-corrected chi connectivity index (χ3v) is 4.02. The van der Waals surface area contributed by atoms with E-state index in [9.17, 15) is 10.1 Å². The van der Waals surface area contributed by atoms with Gasteiger partial charge in [-0.05, 0) is 38.0 Å². The van der Waals surface area contributed by atoms with Gasteiger partial charge in [0, 0.05) is 23.6 Å². The number of aliphatic imine (C=N–C) groups is 1. The van der Waals surface area contributed by atoms with E-state index < -0.39 is 0 Å². The molecule has 0 aliphatic heterocycles. The molecule has 2 N–H and O–H groups in total. The molecule has 2 aromatic carbocycles. The van der Waals surface area contributed by atoms with Gasteiger partial charge in [0.05, 0.1) is 4.92 Å². The van der Waals surface area contributed by atoms with Gasteiger partial charge in [-0.25, -0.2) is 4.99 Å². The quantitative estimate of drug-likeness (QED) is 0.301. The molecule has 124 valence electrons. The van der Waals surface area contributed by atoms with Crippen LogP contribution in [0.1, 0.15) is 27.8 Å². The summed E-state index contributed by atoms with van der Waals surface area (Å²) in [5.41, 5.74) is 10.4. The van der Waals surface area contributed by atoms with Gasteiger partial charge in [-0.1, -0.05) is 42.0 Å². The fourth-order valence-corrected chi connectivity index (χ4v) is 2.63. The zero-order chi connectivity index (χ0) is 17.9. The number of nitro benzene ring substituents is 1. The fraction of sp³-hybridized carbons (Fsp3) is 0.222. The number of thiocarbonyl (C=S) groups is 1. The van der Waals surface area contributed by atoms with E-state index in [0.29, 0.717) is 22.8 Å². The maximum atomic E-state index is 11.0. The third-order valence-electron chi connectivity index (χ3n) is 3.79. The fourth-order valence-electron chi connectivity index (χ4n) is 2.37. The average molecular weight is 341 g/mol. The second kappa shape index (κ2) is 7.31. The number of hydrogen-bond donors (Lipinski definition) is 1. The zero-order valence-corrected chi connectivity index (χ0v) is 14.7. The van der Waals surface area contributed by atoms with E-state index in [0.717, 1.165) is 22.3 Å². The molecule has 6 heteroatoms. The van der Waals surface area contributed by atoms with Crippen molar-refractivity contribution in [1.29, 1.82) is 0 Å². The van der Waals surface area contributed by atoms with Crippen LogP contribution in [0.4, 0.5) is 5.69 Å². The summed E-state index contributed by atoms with van der Waals surface area (Å²) in [4.78, 5) is 15.3. The predicted molar refractivity (Wildman–Crippen MR) is 101 cm³/mol. The second-order valence-corrected chi connectivity index (χ2v) is 6.23. The highest BCUT2D eigenvalue weighted by molar-refractivity contribution is 7.80. The lowest BCUT2D eigenvalue weighted by atomic mass is 10.0. The number of amidine groups is 1. The minimum absolute atomic E-state index is 0.116. The van der Waals surface area contributed by atoms with Crippen LogP contribution in [0.2, 0.25) is 0 Å². The standard InChI is InChI=1S/C18H19N3O2S/c1-11-4-6-14(7-5-11)18(19)20-17(24)10-15-8-13(3)16(21(22)23)9-12(15)2/h4-9H,10H2,1-3H3,(H2,19,20,24). The van der Waals surface area contributed by atoms with E-state index in [4.69, 9.17) is 18.0 Å². The number of hydrogen-bond acceptors (Lipinski definition) is 3. The maximum absolute atomic E-state index is 11.0. The zero-order valence-electron chi connectivity index (χ0n) is 13.9. The maximum Gasteiger partial charge on any atom is 0.272 e. The van der Waals surface area contributed by atoms with Crippen LogP contribution in [0.5, 0.6) is 0 Å². The van der Waals surface area contributed by atoms with Gasteiger partial charge in [0.25, 0.3) is 5.69 Å². The minimum Gasteiger partial charge on any atom is -0.383 e. The molecule has 0 atom stereocenters. The van der Waals surface area contributed by atoms with E-state index in [-0.39, 0.29) is 10.6 Å². The number of nitrogens with two attached hydrogens (primary N) is 1. The minimum atomic E-state index is -0.377. The Morgan fingerprint density at radius 2 is 1.79 bits per heavy atom. The first-order valence-corrected chi connectivity index (χ1v) is 7.87. The lowest BCUT2D eigenvalue weighted by Gasteiger charge is -2.08. The molecule has 0 radical (unpaired) electrons. The van der Waals surface area contributed by atoms with Crippen molar-refractivity contribution in [2.45, 2.75) is 27.2 Å². The Balaban J connectivity index is 2.20. The number of aryl methyl sites for hydroxylation is 3. The summed E-state index contributed by atoms with van der Waals surface area (Å²) in [6, 6.07) is 11.1. The van der Waals surface area contributed by atoms with Crippen LogP contribution in [0.25, 0.3) is 0 Å². The molecule has 0 amide bonds. The van der Waals surface area contributed by atoms with Crippen molar-refractivity contribution in [3.05, 3.63) is 74.3 Å². The summed E-state index contributed by atoms with van der Waals surface area (Å²) in [7, 11) is 0. The van der Waals surface area contributed by atoms with E-state index in [1.54, 1.807) is 19.1 Å². The highest BCUT2D eigenvalue weighted by Gasteiger charge is 2.14. The Labute approximate surface area is 146 Å². The van der Waals surface area contributed by atoms with E-state index >= 15 is 0 Å². The van der Waals surface area contributed by atoms with Gasteiger partial charge in [0.2, 0.25) is 0 Å². The van der Waals surface area contributed by atoms with Crippen molar-refractivity contribution in [3.8, 4) is 0 Å². The lowest BCUT2D eigenvalue weighted by Crippen LogP contribution is -2.16. The summed E-state index contributed by atoms with van der Waals surface area (Å²) in [6.45, 7) is 5.55. The van der Waals surface area contributed by atoms with Crippen molar-refractivity contribution in [2.75, 3.05) is 0 Å². The largest absolute Gasteiger partial charge is 0.383 e. The molecule has 2 rings (SSSR count). The Morgan fingerprint density at radius 3 is 2.38 bits per heavy atom. The van der Waals surface area contributed by atoms with Crippen molar-refractivity contribution in [2.24, 2.45) is 10.7 Å². The van der Waals surface area contributed by atoms with Crippen LogP contribution >= 0.6 is 12.2 Å². The summed E-state index contributed by atoms with van der Waals surface area (Å²) in [5.74, 6) is 0.372. The monoisotopic (exact) mass is 341 g/mol. The van der Waals surface area contributed by atoms with Gasteiger partial charge >= 0.3 is 0 Å². The molecule has 0 heterocycles. The van der Waals surface area contributed by atoms with Crippen LogP contribution in [0.15, 0.2) is 41.4 Å². The van der Waals surface area contributed by atoms with Gasteiger partial charge in [-0.3, -0.25) is 10.1 Å². The lowest BCUT2D eigenvalue weighted by molar-refractivity contribution is -0.385. The van der Waals surface area contributed by atoms with Gasteiger partial charge in [-0.2, -0.15) is 0 Å². The van der Waals surface area contributed by atoms with Gasteiger partial charge in [0.15, 0.2) is 0 Å². The Morgan fingerprint density at radius 1 is 1.17 bits per heavy atom. The molecule has 0 fully saturated rings. The molecule has 0 spiro atoms. The molecule has 0 bridgehead atoms. The Hall–Kier alpha value is -2.60. The normalized spacial score (nSPS) is 11.4. The molecule has 2 aromatic rings. The first-order valence-electron chi connectivity index (χ1n) is 7.46. The summed E-state index contributed by atoms with van der Waals surface area (Å²) in [6.07, 6.45) is 0.423. The van der Waals surface area contributed by atoms with Crippen LogP contribution in [0, 0.1) is 30.9 Å². The molecular formula is C18H19N3O2S. The van der Waals surface area contributed by atoms with Crippen molar-refractivity contribution >= 4 is 28.7 Å². The number of benzene rings is 2. The molecule has 0 aliphatic rings. The van der Waals surface area contributed by atoms with Gasteiger partial charge in [0.1, 0.15) is 10.8 Å². The number of nitrogens with zero attached hydrogens (tertiary/aromatic N) is 2.